The maximum absolute atomic E-state index is 12.5. The summed E-state index contributed by atoms with van der Waals surface area (Å²) in [6.45, 7) is 9.75. The van der Waals surface area contributed by atoms with Crippen LogP contribution in [0.2, 0.25) is 0 Å². The van der Waals surface area contributed by atoms with Crippen LogP contribution < -0.4 is 5.32 Å². The van der Waals surface area contributed by atoms with Crippen molar-refractivity contribution in [2.24, 2.45) is 0 Å². The van der Waals surface area contributed by atoms with Crippen LogP contribution in [0.25, 0.3) is 0 Å². The average Bonchev–Trinajstić information content (AvgIpc) is 2.86. The Morgan fingerprint density at radius 1 is 1.30 bits per heavy atom. The summed E-state index contributed by atoms with van der Waals surface area (Å²) in [5.41, 5.74) is 1.45. The van der Waals surface area contributed by atoms with E-state index in [1.807, 2.05) is 19.2 Å². The third-order valence-electron chi connectivity index (χ3n) is 3.54. The molecule has 0 aromatic carbocycles. The van der Waals surface area contributed by atoms with E-state index in [-0.39, 0.29) is 24.4 Å². The van der Waals surface area contributed by atoms with Gasteiger partial charge in [0.05, 0.1) is 18.8 Å². The third-order valence-corrected chi connectivity index (χ3v) is 4.62. The zero-order valence-electron chi connectivity index (χ0n) is 14.5. The van der Waals surface area contributed by atoms with E-state index in [0.717, 1.165) is 31.5 Å². The highest BCUT2D eigenvalue weighted by Gasteiger charge is 2.24. The Kier molecular flexibility index (Phi) is 10.1. The topological polar surface area (TPSA) is 58.6 Å². The second-order valence-electron chi connectivity index (χ2n) is 5.32. The number of anilines is 1. The van der Waals surface area contributed by atoms with E-state index in [1.165, 1.54) is 18.4 Å². The largest absolute Gasteiger partial charge is 0.465 e. The van der Waals surface area contributed by atoms with Crippen LogP contribution >= 0.6 is 23.7 Å². The van der Waals surface area contributed by atoms with Crippen LogP contribution in [0.15, 0.2) is 5.38 Å². The Morgan fingerprint density at radius 3 is 2.35 bits per heavy atom. The first-order valence-corrected chi connectivity index (χ1v) is 8.55. The minimum absolute atomic E-state index is 0. The number of nitrogens with one attached hydrogen (secondary N) is 1. The molecule has 1 aromatic rings. The molecule has 0 bridgehead atoms. The minimum atomic E-state index is -0.417. The molecule has 1 N–H and O–H groups in total. The molecule has 132 valence electrons. The van der Waals surface area contributed by atoms with Gasteiger partial charge in [-0.05, 0) is 50.7 Å². The van der Waals surface area contributed by atoms with Crippen molar-refractivity contribution in [1.29, 1.82) is 0 Å². The molecule has 1 amide bonds. The first-order chi connectivity index (χ1) is 10.5. The number of esters is 1. The molecule has 1 atom stereocenters. The summed E-state index contributed by atoms with van der Waals surface area (Å²) < 4.78 is 4.77. The molecule has 0 aliphatic rings. The summed E-state index contributed by atoms with van der Waals surface area (Å²) in [5, 5.41) is 4.75. The van der Waals surface area contributed by atoms with Gasteiger partial charge in [0, 0.05) is 0 Å². The molecule has 23 heavy (non-hydrogen) atoms. The van der Waals surface area contributed by atoms with E-state index in [9.17, 15) is 9.59 Å². The van der Waals surface area contributed by atoms with Crippen LogP contribution in [0.5, 0.6) is 0 Å². The number of amides is 1. The van der Waals surface area contributed by atoms with Crippen LogP contribution in [-0.2, 0) is 9.53 Å². The van der Waals surface area contributed by atoms with Gasteiger partial charge in [0.25, 0.3) is 0 Å². The summed E-state index contributed by atoms with van der Waals surface area (Å²) in [5.74, 6) is -0.506. The minimum Gasteiger partial charge on any atom is -0.465 e. The van der Waals surface area contributed by atoms with Crippen LogP contribution in [-0.4, -0.2) is 43.0 Å². The van der Waals surface area contributed by atoms with E-state index in [2.05, 4.69) is 24.1 Å². The second-order valence-corrected chi connectivity index (χ2v) is 6.20. The standard InChI is InChI=1S/C16H26N2O3S.ClH/c1-6-8-18(9-7-2)12(4)15(19)17-13-11(3)10-22-14(13)16(20)21-5;/h10,12H,6-9H2,1-5H3,(H,17,19);1H. The first-order valence-electron chi connectivity index (χ1n) is 7.67. The number of hydrogen-bond acceptors (Lipinski definition) is 5. The fourth-order valence-electron chi connectivity index (χ4n) is 2.31. The summed E-state index contributed by atoms with van der Waals surface area (Å²) in [7, 11) is 1.34. The lowest BCUT2D eigenvalue weighted by Gasteiger charge is -2.27. The molecule has 5 nitrogen and oxygen atoms in total. The highest BCUT2D eigenvalue weighted by Crippen LogP contribution is 2.28. The Bertz CT molecular complexity index is 513. The molecule has 0 aliphatic carbocycles. The van der Waals surface area contributed by atoms with Gasteiger partial charge in [-0.15, -0.1) is 23.7 Å². The maximum Gasteiger partial charge on any atom is 0.350 e. The lowest BCUT2D eigenvalue weighted by Crippen LogP contribution is -2.43. The van der Waals surface area contributed by atoms with Crippen molar-refractivity contribution in [3.63, 3.8) is 0 Å². The fraction of sp³-hybridized carbons (Fsp3) is 0.625. The van der Waals surface area contributed by atoms with Gasteiger partial charge in [-0.3, -0.25) is 9.69 Å². The third kappa shape index (κ3) is 5.79. The lowest BCUT2D eigenvalue weighted by molar-refractivity contribution is -0.120. The SMILES string of the molecule is CCCN(CCC)C(C)C(=O)Nc1c(C)csc1C(=O)OC.Cl. The Balaban J connectivity index is 0.00000484. The molecule has 0 fully saturated rings. The Labute approximate surface area is 148 Å². The van der Waals surface area contributed by atoms with Crippen LogP contribution in [0.4, 0.5) is 5.69 Å². The number of halogens is 1. The van der Waals surface area contributed by atoms with Crippen molar-refractivity contribution in [3.8, 4) is 0 Å². The number of ether oxygens (including phenoxy) is 1. The molecule has 1 aromatic heterocycles. The summed E-state index contributed by atoms with van der Waals surface area (Å²) in [6.07, 6.45) is 2.00. The summed E-state index contributed by atoms with van der Waals surface area (Å²) in [4.78, 5) is 26.9. The quantitative estimate of drug-likeness (QED) is 0.716. The van der Waals surface area contributed by atoms with Gasteiger partial charge in [-0.2, -0.15) is 0 Å². The molecule has 7 heteroatoms. The number of rotatable bonds is 8. The zero-order valence-corrected chi connectivity index (χ0v) is 16.1. The molecular weight excluding hydrogens is 336 g/mol. The number of aryl methyl sites for hydroxylation is 1. The molecule has 0 saturated carbocycles. The number of nitrogens with zero attached hydrogens (tertiary/aromatic N) is 1. The number of hydrogen-bond donors (Lipinski definition) is 1. The highest BCUT2D eigenvalue weighted by molar-refractivity contribution is 7.12. The molecule has 1 heterocycles. The van der Waals surface area contributed by atoms with Crippen molar-refractivity contribution in [2.45, 2.75) is 46.6 Å². The van der Waals surface area contributed by atoms with E-state index >= 15 is 0 Å². The van der Waals surface area contributed by atoms with E-state index in [0.29, 0.717) is 10.6 Å². The Hall–Kier alpha value is -1.11. The first kappa shape index (κ1) is 21.9. The number of thiophene rings is 1. The summed E-state index contributed by atoms with van der Waals surface area (Å²) in [6, 6.07) is -0.232. The predicted octanol–water partition coefficient (Wildman–Crippen LogP) is 3.71. The number of carbonyl (C=O) groups is 2. The molecule has 1 unspecified atom stereocenters. The highest BCUT2D eigenvalue weighted by atomic mass is 35.5. The van der Waals surface area contributed by atoms with Gasteiger partial charge in [0.2, 0.25) is 5.91 Å². The molecule has 0 aliphatic heterocycles. The van der Waals surface area contributed by atoms with Crippen LogP contribution in [0.1, 0.15) is 48.8 Å². The molecular formula is C16H27ClN2O3S. The van der Waals surface area contributed by atoms with Crippen LogP contribution in [0.3, 0.4) is 0 Å². The van der Waals surface area contributed by atoms with E-state index in [1.54, 1.807) is 0 Å². The predicted molar refractivity (Wildman–Crippen MR) is 97.9 cm³/mol. The average molecular weight is 363 g/mol. The van der Waals surface area contributed by atoms with Gasteiger partial charge in [0.15, 0.2) is 0 Å². The molecule has 0 radical (unpaired) electrons. The molecule has 0 spiro atoms. The van der Waals surface area contributed by atoms with E-state index in [4.69, 9.17) is 4.74 Å². The van der Waals surface area contributed by atoms with Gasteiger partial charge in [-0.1, -0.05) is 13.8 Å². The fourth-order valence-corrected chi connectivity index (χ4v) is 3.23. The van der Waals surface area contributed by atoms with Crippen LogP contribution in [0, 0.1) is 6.92 Å². The van der Waals surface area contributed by atoms with Crippen molar-refractivity contribution >= 4 is 41.3 Å². The van der Waals surface area contributed by atoms with Crippen molar-refractivity contribution in [1.82, 2.24) is 4.90 Å². The van der Waals surface area contributed by atoms with Gasteiger partial charge in [0.1, 0.15) is 4.88 Å². The summed E-state index contributed by atoms with van der Waals surface area (Å²) >= 11 is 1.29. The van der Waals surface area contributed by atoms with Gasteiger partial charge >= 0.3 is 5.97 Å². The number of carbonyl (C=O) groups excluding carboxylic acids is 2. The van der Waals surface area contributed by atoms with Gasteiger partial charge < -0.3 is 10.1 Å². The normalized spacial score (nSPS) is 11.7. The smallest absolute Gasteiger partial charge is 0.350 e. The molecule has 1 rings (SSSR count). The van der Waals surface area contributed by atoms with Crippen molar-refractivity contribution < 1.29 is 14.3 Å². The molecule has 0 saturated heterocycles. The van der Waals surface area contributed by atoms with Crippen molar-refractivity contribution in [3.05, 3.63) is 15.8 Å². The monoisotopic (exact) mass is 362 g/mol. The Morgan fingerprint density at radius 2 is 1.87 bits per heavy atom. The lowest BCUT2D eigenvalue weighted by atomic mass is 10.2. The second kappa shape index (κ2) is 10.6. The zero-order chi connectivity index (χ0) is 16.7. The maximum atomic E-state index is 12.5. The van der Waals surface area contributed by atoms with Crippen molar-refractivity contribution in [2.75, 3.05) is 25.5 Å². The van der Waals surface area contributed by atoms with E-state index < -0.39 is 5.97 Å². The number of methoxy groups -OCH3 is 1. The van der Waals surface area contributed by atoms with Gasteiger partial charge in [-0.25, -0.2) is 4.79 Å².